The number of carbonyl (C=O) groups excluding carboxylic acids is 2. The van der Waals surface area contributed by atoms with Crippen LogP contribution in [0.25, 0.3) is 0 Å². The second-order valence-corrected chi connectivity index (χ2v) is 5.39. The van der Waals surface area contributed by atoms with Crippen LogP contribution < -0.4 is 4.74 Å². The molecule has 1 aromatic rings. The first-order valence-corrected chi connectivity index (χ1v) is 6.88. The smallest absolute Gasteiger partial charge is 0.228 e. The summed E-state index contributed by atoms with van der Waals surface area (Å²) in [5, 5.41) is 0. The number of nitrogens with zero attached hydrogens (tertiary/aromatic N) is 2. The number of benzene rings is 1. The summed E-state index contributed by atoms with van der Waals surface area (Å²) in [4.78, 5) is 27.6. The second-order valence-electron chi connectivity index (χ2n) is 5.39. The van der Waals surface area contributed by atoms with E-state index < -0.39 is 0 Å². The Balaban J connectivity index is 1.75. The molecule has 5 heteroatoms. The lowest BCUT2D eigenvalue weighted by molar-refractivity contribution is -0.136. The molecular formula is C15H18N2O3. The summed E-state index contributed by atoms with van der Waals surface area (Å²) in [5.41, 5.74) is 1.02. The Labute approximate surface area is 118 Å². The SMILES string of the molecule is CN1CC(C(=O)N2CCOc3ccccc3C2)CC1=O. The number of fused-ring (bicyclic) bond motifs is 1. The van der Waals surface area contributed by atoms with Crippen LogP contribution in [0.3, 0.4) is 0 Å². The minimum Gasteiger partial charge on any atom is -0.491 e. The van der Waals surface area contributed by atoms with Gasteiger partial charge in [-0.15, -0.1) is 0 Å². The van der Waals surface area contributed by atoms with Crippen LogP contribution in [-0.2, 0) is 16.1 Å². The van der Waals surface area contributed by atoms with Crippen molar-refractivity contribution in [2.75, 3.05) is 26.7 Å². The predicted octanol–water partition coefficient (Wildman–Crippen LogP) is 0.886. The van der Waals surface area contributed by atoms with Gasteiger partial charge in [0.2, 0.25) is 11.8 Å². The van der Waals surface area contributed by atoms with Crippen molar-refractivity contribution < 1.29 is 14.3 Å². The highest BCUT2D eigenvalue weighted by Crippen LogP contribution is 2.25. The number of hydrogen-bond acceptors (Lipinski definition) is 3. The van der Waals surface area contributed by atoms with Crippen LogP contribution in [-0.4, -0.2) is 48.4 Å². The molecule has 0 N–H and O–H groups in total. The maximum atomic E-state index is 12.5. The number of ether oxygens (including phenoxy) is 1. The van der Waals surface area contributed by atoms with Crippen LogP contribution in [0.4, 0.5) is 0 Å². The van der Waals surface area contributed by atoms with Gasteiger partial charge in [0.25, 0.3) is 0 Å². The number of hydrogen-bond donors (Lipinski definition) is 0. The van der Waals surface area contributed by atoms with Gasteiger partial charge in [-0.2, -0.15) is 0 Å². The molecule has 1 saturated heterocycles. The van der Waals surface area contributed by atoms with Gasteiger partial charge in [0.05, 0.1) is 12.5 Å². The van der Waals surface area contributed by atoms with Crippen molar-refractivity contribution in [2.24, 2.45) is 5.92 Å². The standard InChI is InChI=1S/C15H18N2O3/c1-16-9-12(8-14(16)18)15(19)17-6-7-20-13-5-3-2-4-11(13)10-17/h2-5,12H,6-10H2,1H3. The van der Waals surface area contributed by atoms with Crippen molar-refractivity contribution in [1.82, 2.24) is 9.80 Å². The van der Waals surface area contributed by atoms with E-state index in [4.69, 9.17) is 4.74 Å². The van der Waals surface area contributed by atoms with Gasteiger partial charge in [0.15, 0.2) is 0 Å². The molecule has 0 spiro atoms. The third-order valence-corrected chi connectivity index (χ3v) is 3.95. The van der Waals surface area contributed by atoms with E-state index in [9.17, 15) is 9.59 Å². The van der Waals surface area contributed by atoms with E-state index in [0.717, 1.165) is 11.3 Å². The fourth-order valence-corrected chi connectivity index (χ4v) is 2.80. The Hall–Kier alpha value is -2.04. The van der Waals surface area contributed by atoms with Crippen LogP contribution in [0.2, 0.25) is 0 Å². The molecule has 20 heavy (non-hydrogen) atoms. The Bertz CT molecular complexity index is 544. The number of rotatable bonds is 1. The Morgan fingerprint density at radius 3 is 2.90 bits per heavy atom. The number of likely N-dealkylation sites (tertiary alicyclic amines) is 1. The van der Waals surface area contributed by atoms with Crippen molar-refractivity contribution in [3.63, 3.8) is 0 Å². The Morgan fingerprint density at radius 1 is 1.35 bits per heavy atom. The van der Waals surface area contributed by atoms with Crippen LogP contribution in [0.1, 0.15) is 12.0 Å². The van der Waals surface area contributed by atoms with Crippen molar-refractivity contribution in [2.45, 2.75) is 13.0 Å². The predicted molar refractivity (Wildman–Crippen MR) is 73.1 cm³/mol. The van der Waals surface area contributed by atoms with Crippen LogP contribution >= 0.6 is 0 Å². The molecule has 0 aromatic heterocycles. The largest absolute Gasteiger partial charge is 0.491 e. The molecule has 2 aliphatic heterocycles. The second kappa shape index (κ2) is 5.15. The number of carbonyl (C=O) groups is 2. The van der Waals surface area contributed by atoms with Crippen molar-refractivity contribution in [3.8, 4) is 5.75 Å². The highest BCUT2D eigenvalue weighted by molar-refractivity contribution is 5.89. The van der Waals surface area contributed by atoms with Crippen molar-refractivity contribution in [3.05, 3.63) is 29.8 Å². The minimum absolute atomic E-state index is 0.0508. The van der Waals surface area contributed by atoms with Crippen LogP contribution in [0, 0.1) is 5.92 Å². The molecule has 1 fully saturated rings. The molecule has 0 aliphatic carbocycles. The summed E-state index contributed by atoms with van der Waals surface area (Å²) < 4.78 is 5.66. The number of amides is 2. The van der Waals surface area contributed by atoms with Gasteiger partial charge >= 0.3 is 0 Å². The fraction of sp³-hybridized carbons (Fsp3) is 0.467. The molecule has 5 nitrogen and oxygen atoms in total. The average Bonchev–Trinajstić information content (AvgIpc) is 2.67. The lowest BCUT2D eigenvalue weighted by Gasteiger charge is -2.23. The van der Waals surface area contributed by atoms with Gasteiger partial charge in [-0.25, -0.2) is 0 Å². The third-order valence-electron chi connectivity index (χ3n) is 3.95. The summed E-state index contributed by atoms with van der Waals surface area (Å²) >= 11 is 0. The van der Waals surface area contributed by atoms with Crippen molar-refractivity contribution in [1.29, 1.82) is 0 Å². The summed E-state index contributed by atoms with van der Waals surface area (Å²) in [6.07, 6.45) is 0.328. The maximum Gasteiger partial charge on any atom is 0.228 e. The number of para-hydroxylation sites is 1. The summed E-state index contributed by atoms with van der Waals surface area (Å²) in [5.74, 6) is 0.748. The van der Waals surface area contributed by atoms with Gasteiger partial charge in [-0.3, -0.25) is 9.59 Å². The minimum atomic E-state index is -0.210. The molecule has 106 valence electrons. The van der Waals surface area contributed by atoms with Gasteiger partial charge in [0.1, 0.15) is 12.4 Å². The summed E-state index contributed by atoms with van der Waals surface area (Å²) in [7, 11) is 1.75. The monoisotopic (exact) mass is 274 g/mol. The van der Waals surface area contributed by atoms with Gasteiger partial charge in [-0.1, -0.05) is 18.2 Å². The molecule has 1 unspecified atom stereocenters. The zero-order valence-electron chi connectivity index (χ0n) is 11.5. The Morgan fingerprint density at radius 2 is 2.15 bits per heavy atom. The van der Waals surface area contributed by atoms with E-state index in [0.29, 0.717) is 32.7 Å². The van der Waals surface area contributed by atoms with E-state index in [1.54, 1.807) is 11.9 Å². The third kappa shape index (κ3) is 2.35. The van der Waals surface area contributed by atoms with Crippen LogP contribution in [0.15, 0.2) is 24.3 Å². The topological polar surface area (TPSA) is 49.9 Å². The molecule has 2 aliphatic rings. The molecule has 0 saturated carbocycles. The first kappa shape index (κ1) is 13.0. The lowest BCUT2D eigenvalue weighted by Crippen LogP contribution is -2.38. The molecule has 0 radical (unpaired) electrons. The van der Waals surface area contributed by atoms with Gasteiger partial charge in [-0.05, 0) is 6.07 Å². The zero-order chi connectivity index (χ0) is 14.1. The molecule has 1 aromatic carbocycles. The van der Waals surface area contributed by atoms with E-state index in [1.807, 2.05) is 29.2 Å². The highest BCUT2D eigenvalue weighted by Gasteiger charge is 2.35. The van der Waals surface area contributed by atoms with E-state index >= 15 is 0 Å². The summed E-state index contributed by atoms with van der Waals surface area (Å²) in [6.45, 7) is 2.15. The lowest BCUT2D eigenvalue weighted by atomic mass is 10.1. The first-order chi connectivity index (χ1) is 9.65. The molecule has 2 amide bonds. The van der Waals surface area contributed by atoms with Crippen LogP contribution in [0.5, 0.6) is 5.75 Å². The van der Waals surface area contributed by atoms with E-state index in [2.05, 4.69) is 0 Å². The quantitative estimate of drug-likeness (QED) is 0.764. The van der Waals surface area contributed by atoms with E-state index in [1.165, 1.54) is 0 Å². The molecule has 0 bridgehead atoms. The molecule has 2 heterocycles. The molecule has 3 rings (SSSR count). The first-order valence-electron chi connectivity index (χ1n) is 6.88. The fourth-order valence-electron chi connectivity index (χ4n) is 2.80. The Kier molecular flexibility index (Phi) is 3.34. The normalized spacial score (nSPS) is 22.2. The van der Waals surface area contributed by atoms with Gasteiger partial charge in [0, 0.05) is 32.1 Å². The van der Waals surface area contributed by atoms with E-state index in [-0.39, 0.29) is 17.7 Å². The molecular weight excluding hydrogens is 256 g/mol. The summed E-state index contributed by atoms with van der Waals surface area (Å²) in [6, 6.07) is 7.78. The highest BCUT2D eigenvalue weighted by atomic mass is 16.5. The maximum absolute atomic E-state index is 12.5. The van der Waals surface area contributed by atoms with Gasteiger partial charge < -0.3 is 14.5 Å². The average molecular weight is 274 g/mol. The van der Waals surface area contributed by atoms with Crippen molar-refractivity contribution >= 4 is 11.8 Å². The zero-order valence-corrected chi connectivity index (χ0v) is 11.5. The molecule has 1 atom stereocenters.